The molecule has 12 heteroatoms. The number of amides is 1. The van der Waals surface area contributed by atoms with Crippen molar-refractivity contribution in [2.45, 2.75) is 32.5 Å². The maximum atomic E-state index is 13.5. The predicted molar refractivity (Wildman–Crippen MR) is 120 cm³/mol. The van der Waals surface area contributed by atoms with Crippen molar-refractivity contribution < 1.29 is 18.0 Å². The molecule has 4 heterocycles. The second-order valence-corrected chi connectivity index (χ2v) is 8.67. The van der Waals surface area contributed by atoms with Crippen LogP contribution in [0.3, 0.4) is 0 Å². The van der Waals surface area contributed by atoms with Gasteiger partial charge in [-0.25, -0.2) is 0 Å². The summed E-state index contributed by atoms with van der Waals surface area (Å²) in [4.78, 5) is 16.7. The van der Waals surface area contributed by atoms with Gasteiger partial charge in [-0.15, -0.1) is 0 Å². The standard InChI is InChI=1S/C23H23F3N8O/c1-13-9-15(11-16(10-13)34-27-6-7-28-34)22(35)33-8-5-17-20(14(33)2)30-32(4)21(17)18-12-19(23(24,25)26)31(3)29-18/h6-7,9-12,14H,5,8H2,1-4H3. The first-order chi connectivity index (χ1) is 16.5. The summed E-state index contributed by atoms with van der Waals surface area (Å²) in [6.07, 6.45) is -0.925. The molecule has 5 rings (SSSR count). The first kappa shape index (κ1) is 22.8. The summed E-state index contributed by atoms with van der Waals surface area (Å²) in [6, 6.07) is 6.12. The monoisotopic (exact) mass is 484 g/mol. The Morgan fingerprint density at radius 2 is 1.74 bits per heavy atom. The van der Waals surface area contributed by atoms with Crippen LogP contribution in [0, 0.1) is 6.92 Å². The van der Waals surface area contributed by atoms with Crippen LogP contribution in [0.4, 0.5) is 13.2 Å². The van der Waals surface area contributed by atoms with Gasteiger partial charge in [0, 0.05) is 31.8 Å². The van der Waals surface area contributed by atoms with Gasteiger partial charge in [-0.1, -0.05) is 0 Å². The normalized spacial score (nSPS) is 16.0. The Morgan fingerprint density at radius 1 is 1.03 bits per heavy atom. The maximum absolute atomic E-state index is 13.5. The van der Waals surface area contributed by atoms with E-state index in [-0.39, 0.29) is 17.6 Å². The molecule has 0 fully saturated rings. The lowest BCUT2D eigenvalue weighted by atomic mass is 9.96. The minimum absolute atomic E-state index is 0.162. The van der Waals surface area contributed by atoms with E-state index in [1.54, 1.807) is 35.1 Å². The largest absolute Gasteiger partial charge is 0.433 e. The molecule has 0 bridgehead atoms. The summed E-state index contributed by atoms with van der Waals surface area (Å²) in [7, 11) is 2.95. The highest BCUT2D eigenvalue weighted by Gasteiger charge is 2.37. The van der Waals surface area contributed by atoms with Gasteiger partial charge in [0.25, 0.3) is 5.91 Å². The molecule has 0 radical (unpaired) electrons. The molecule has 1 amide bonds. The van der Waals surface area contributed by atoms with Gasteiger partial charge in [0.15, 0.2) is 0 Å². The van der Waals surface area contributed by atoms with Crippen LogP contribution in [0.1, 0.15) is 45.8 Å². The number of aryl methyl sites for hydroxylation is 3. The molecular weight excluding hydrogens is 461 g/mol. The van der Waals surface area contributed by atoms with E-state index in [9.17, 15) is 18.0 Å². The first-order valence-corrected chi connectivity index (χ1v) is 11.0. The second kappa shape index (κ2) is 8.07. The second-order valence-electron chi connectivity index (χ2n) is 8.67. The van der Waals surface area contributed by atoms with Crippen molar-refractivity contribution in [1.29, 1.82) is 0 Å². The zero-order chi connectivity index (χ0) is 25.1. The van der Waals surface area contributed by atoms with Crippen LogP contribution in [0.2, 0.25) is 0 Å². The minimum Gasteiger partial charge on any atom is -0.330 e. The third-order valence-corrected chi connectivity index (χ3v) is 6.27. The summed E-state index contributed by atoms with van der Waals surface area (Å²) in [5.41, 5.74) is 3.45. The molecule has 9 nitrogen and oxygen atoms in total. The predicted octanol–water partition coefficient (Wildman–Crippen LogP) is 3.49. The SMILES string of the molecule is Cc1cc(C(=O)N2CCc3c(nn(C)c3-c3cc(C(F)(F)F)n(C)n3)C2C)cc(-n2nccn2)c1. The van der Waals surface area contributed by atoms with Crippen LogP contribution in [-0.4, -0.2) is 51.9 Å². The molecule has 1 aliphatic rings. The maximum Gasteiger partial charge on any atom is 0.433 e. The third kappa shape index (κ3) is 3.88. The van der Waals surface area contributed by atoms with E-state index >= 15 is 0 Å². The van der Waals surface area contributed by atoms with Crippen LogP contribution in [-0.2, 0) is 26.7 Å². The minimum atomic E-state index is -4.51. The molecule has 0 saturated heterocycles. The summed E-state index contributed by atoms with van der Waals surface area (Å²) < 4.78 is 42.3. The fraction of sp³-hybridized carbons (Fsp3) is 0.348. The van der Waals surface area contributed by atoms with E-state index < -0.39 is 11.9 Å². The van der Waals surface area contributed by atoms with Crippen molar-refractivity contribution in [3.63, 3.8) is 0 Å². The molecule has 4 aromatic rings. The number of benzene rings is 1. The summed E-state index contributed by atoms with van der Waals surface area (Å²) in [6.45, 7) is 4.17. The molecule has 0 aliphatic carbocycles. The van der Waals surface area contributed by atoms with Crippen molar-refractivity contribution in [3.8, 4) is 17.1 Å². The average molecular weight is 484 g/mol. The summed E-state index contributed by atoms with van der Waals surface area (Å²) in [5.74, 6) is -0.162. The van der Waals surface area contributed by atoms with Crippen LogP contribution in [0.15, 0.2) is 36.7 Å². The van der Waals surface area contributed by atoms with Crippen molar-refractivity contribution in [2.75, 3.05) is 6.54 Å². The molecule has 1 aliphatic heterocycles. The Bertz CT molecular complexity index is 1420. The lowest BCUT2D eigenvalue weighted by molar-refractivity contribution is -0.143. The average Bonchev–Trinajstić information content (AvgIpc) is 3.51. The highest BCUT2D eigenvalue weighted by atomic mass is 19.4. The zero-order valence-corrected chi connectivity index (χ0v) is 19.6. The van der Waals surface area contributed by atoms with Gasteiger partial charge < -0.3 is 4.90 Å². The van der Waals surface area contributed by atoms with Crippen molar-refractivity contribution >= 4 is 5.91 Å². The summed E-state index contributed by atoms with van der Waals surface area (Å²) >= 11 is 0. The van der Waals surface area contributed by atoms with Crippen LogP contribution >= 0.6 is 0 Å². The lowest BCUT2D eigenvalue weighted by Crippen LogP contribution is -2.39. The van der Waals surface area contributed by atoms with E-state index in [1.165, 1.54) is 11.8 Å². The van der Waals surface area contributed by atoms with Gasteiger partial charge in [0.2, 0.25) is 0 Å². The number of carbonyl (C=O) groups is 1. The van der Waals surface area contributed by atoms with E-state index in [2.05, 4.69) is 20.4 Å². The number of alkyl halides is 3. The highest BCUT2D eigenvalue weighted by Crippen LogP contribution is 2.38. The van der Waals surface area contributed by atoms with Crippen LogP contribution in [0.25, 0.3) is 17.1 Å². The summed E-state index contributed by atoms with van der Waals surface area (Å²) in [5, 5.41) is 17.0. The van der Waals surface area contributed by atoms with Gasteiger partial charge in [0.1, 0.15) is 11.4 Å². The van der Waals surface area contributed by atoms with Gasteiger partial charge in [-0.3, -0.25) is 14.2 Å². The van der Waals surface area contributed by atoms with Crippen molar-refractivity contribution in [1.82, 2.24) is 39.5 Å². The molecular formula is C23H23F3N8O. The lowest BCUT2D eigenvalue weighted by Gasteiger charge is -2.33. The first-order valence-electron chi connectivity index (χ1n) is 11.0. The van der Waals surface area contributed by atoms with Crippen molar-refractivity contribution in [3.05, 3.63) is 64.7 Å². The molecule has 0 spiro atoms. The Kier molecular flexibility index (Phi) is 5.26. The van der Waals surface area contributed by atoms with E-state index in [0.717, 1.165) is 21.9 Å². The van der Waals surface area contributed by atoms with Gasteiger partial charge in [-0.05, 0) is 50.1 Å². The molecule has 35 heavy (non-hydrogen) atoms. The van der Waals surface area contributed by atoms with Gasteiger partial charge in [-0.2, -0.15) is 38.4 Å². The molecule has 182 valence electrons. The number of hydrogen-bond acceptors (Lipinski definition) is 5. The van der Waals surface area contributed by atoms with Crippen LogP contribution < -0.4 is 0 Å². The van der Waals surface area contributed by atoms with E-state index in [4.69, 9.17) is 0 Å². The smallest absolute Gasteiger partial charge is 0.330 e. The Balaban J connectivity index is 1.48. The molecule has 3 aromatic heterocycles. The molecule has 1 atom stereocenters. The number of fused-ring (bicyclic) bond motifs is 1. The Labute approximate surface area is 198 Å². The molecule has 0 saturated carbocycles. The number of halogens is 3. The van der Waals surface area contributed by atoms with Crippen LogP contribution in [0.5, 0.6) is 0 Å². The third-order valence-electron chi connectivity index (χ3n) is 6.27. The quantitative estimate of drug-likeness (QED) is 0.444. The zero-order valence-electron chi connectivity index (χ0n) is 19.6. The molecule has 1 unspecified atom stereocenters. The topological polar surface area (TPSA) is 86.7 Å². The molecule has 1 aromatic carbocycles. The number of hydrogen-bond donors (Lipinski definition) is 0. The Morgan fingerprint density at radius 3 is 2.40 bits per heavy atom. The number of carbonyl (C=O) groups excluding carboxylic acids is 1. The number of rotatable bonds is 3. The van der Waals surface area contributed by atoms with E-state index in [1.807, 2.05) is 26.0 Å². The molecule has 0 N–H and O–H groups in total. The Hall–Kier alpha value is -3.96. The number of aromatic nitrogens is 7. The highest BCUT2D eigenvalue weighted by molar-refractivity contribution is 5.95. The van der Waals surface area contributed by atoms with Crippen molar-refractivity contribution in [2.24, 2.45) is 14.1 Å². The van der Waals surface area contributed by atoms with E-state index in [0.29, 0.717) is 35.6 Å². The fourth-order valence-corrected chi connectivity index (χ4v) is 4.71. The number of nitrogens with zero attached hydrogens (tertiary/aromatic N) is 8. The van der Waals surface area contributed by atoms with Gasteiger partial charge in [0.05, 0.1) is 35.5 Å². The fourth-order valence-electron chi connectivity index (χ4n) is 4.71. The van der Waals surface area contributed by atoms with Gasteiger partial charge >= 0.3 is 6.18 Å².